The summed E-state index contributed by atoms with van der Waals surface area (Å²) in [5.74, 6) is -0.212. The van der Waals surface area contributed by atoms with Gasteiger partial charge in [0, 0.05) is 18.6 Å². The number of nitrogens with one attached hydrogen (secondary N) is 1. The van der Waals surface area contributed by atoms with Crippen molar-refractivity contribution in [3.63, 3.8) is 0 Å². The monoisotopic (exact) mass is 268 g/mol. The number of carbonyl (C=O) groups excluding carboxylic acids is 1. The molecule has 3 nitrogen and oxygen atoms in total. The summed E-state index contributed by atoms with van der Waals surface area (Å²) in [6, 6.07) is 5.72. The van der Waals surface area contributed by atoms with Crippen molar-refractivity contribution >= 4 is 33.2 Å². The van der Waals surface area contributed by atoms with E-state index in [1.54, 1.807) is 0 Å². The van der Waals surface area contributed by atoms with Crippen LogP contribution in [-0.2, 0) is 4.79 Å². The summed E-state index contributed by atoms with van der Waals surface area (Å²) >= 11 is 3.36. The molecule has 0 atom stereocenters. The van der Waals surface area contributed by atoms with E-state index in [0.717, 1.165) is 15.8 Å². The molecule has 15 heavy (non-hydrogen) atoms. The van der Waals surface area contributed by atoms with Gasteiger partial charge in [-0.05, 0) is 24.3 Å². The SMILES string of the molecule is C=CC(=O)Nc1cc(Br)ccc1N(C)C. The van der Waals surface area contributed by atoms with E-state index in [2.05, 4.69) is 27.8 Å². The average Bonchev–Trinajstić information content (AvgIpc) is 2.17. The maximum absolute atomic E-state index is 11.2. The maximum Gasteiger partial charge on any atom is 0.247 e. The predicted octanol–water partition coefficient (Wildman–Crippen LogP) is 2.64. The van der Waals surface area contributed by atoms with Gasteiger partial charge in [0.25, 0.3) is 0 Å². The molecule has 0 aliphatic carbocycles. The van der Waals surface area contributed by atoms with Crippen LogP contribution in [0, 0.1) is 0 Å². The molecule has 1 rings (SSSR count). The average molecular weight is 269 g/mol. The highest BCUT2D eigenvalue weighted by atomic mass is 79.9. The minimum atomic E-state index is -0.212. The third-order valence-electron chi connectivity index (χ3n) is 1.88. The molecule has 0 saturated carbocycles. The molecule has 1 amide bonds. The van der Waals surface area contributed by atoms with Gasteiger partial charge in [0.15, 0.2) is 0 Å². The zero-order valence-electron chi connectivity index (χ0n) is 8.75. The Balaban J connectivity index is 3.07. The number of rotatable bonds is 3. The van der Waals surface area contributed by atoms with Gasteiger partial charge in [-0.2, -0.15) is 0 Å². The Kier molecular flexibility index (Phi) is 3.91. The fourth-order valence-corrected chi connectivity index (χ4v) is 1.54. The summed E-state index contributed by atoms with van der Waals surface area (Å²) in [7, 11) is 3.85. The van der Waals surface area contributed by atoms with Gasteiger partial charge in [0.2, 0.25) is 5.91 Å². The second-order valence-electron chi connectivity index (χ2n) is 3.25. The van der Waals surface area contributed by atoms with Crippen molar-refractivity contribution < 1.29 is 4.79 Å². The quantitative estimate of drug-likeness (QED) is 0.855. The Hall–Kier alpha value is -1.29. The van der Waals surface area contributed by atoms with Crippen molar-refractivity contribution in [2.75, 3.05) is 24.3 Å². The molecule has 0 bridgehead atoms. The van der Waals surface area contributed by atoms with Crippen molar-refractivity contribution in [1.29, 1.82) is 0 Å². The molecule has 0 aliphatic rings. The summed E-state index contributed by atoms with van der Waals surface area (Å²) in [6.07, 6.45) is 1.25. The van der Waals surface area contributed by atoms with Crippen LogP contribution in [0.25, 0.3) is 0 Å². The standard InChI is InChI=1S/C11H13BrN2O/c1-4-11(15)13-9-7-8(12)5-6-10(9)14(2)3/h4-7H,1H2,2-3H3,(H,13,15). The zero-order chi connectivity index (χ0) is 11.4. The lowest BCUT2D eigenvalue weighted by molar-refractivity contribution is -0.111. The van der Waals surface area contributed by atoms with Gasteiger partial charge in [-0.25, -0.2) is 0 Å². The van der Waals surface area contributed by atoms with Gasteiger partial charge in [-0.15, -0.1) is 0 Å². The van der Waals surface area contributed by atoms with Gasteiger partial charge in [-0.1, -0.05) is 22.5 Å². The Morgan fingerprint density at radius 3 is 2.73 bits per heavy atom. The predicted molar refractivity (Wildman–Crippen MR) is 67.3 cm³/mol. The smallest absolute Gasteiger partial charge is 0.247 e. The second kappa shape index (κ2) is 4.98. The van der Waals surface area contributed by atoms with Crippen LogP contribution in [0.2, 0.25) is 0 Å². The number of anilines is 2. The van der Waals surface area contributed by atoms with Crippen molar-refractivity contribution in [2.24, 2.45) is 0 Å². The van der Waals surface area contributed by atoms with Gasteiger partial charge >= 0.3 is 0 Å². The van der Waals surface area contributed by atoms with Gasteiger partial charge < -0.3 is 10.2 Å². The minimum Gasteiger partial charge on any atom is -0.376 e. The molecule has 80 valence electrons. The third-order valence-corrected chi connectivity index (χ3v) is 2.38. The number of benzene rings is 1. The van der Waals surface area contributed by atoms with Gasteiger partial charge in [0.05, 0.1) is 11.4 Å². The van der Waals surface area contributed by atoms with Crippen LogP contribution in [-0.4, -0.2) is 20.0 Å². The first-order valence-electron chi connectivity index (χ1n) is 4.45. The summed E-state index contributed by atoms with van der Waals surface area (Å²) < 4.78 is 0.924. The van der Waals surface area contributed by atoms with E-state index in [1.807, 2.05) is 37.2 Å². The topological polar surface area (TPSA) is 32.3 Å². The lowest BCUT2D eigenvalue weighted by Gasteiger charge is -2.17. The van der Waals surface area contributed by atoms with E-state index < -0.39 is 0 Å². The van der Waals surface area contributed by atoms with Crippen LogP contribution in [0.1, 0.15) is 0 Å². The molecule has 4 heteroatoms. The van der Waals surface area contributed by atoms with E-state index in [9.17, 15) is 4.79 Å². The normalized spacial score (nSPS) is 9.53. The highest BCUT2D eigenvalue weighted by molar-refractivity contribution is 9.10. The highest BCUT2D eigenvalue weighted by Crippen LogP contribution is 2.27. The minimum absolute atomic E-state index is 0.212. The molecule has 1 N–H and O–H groups in total. The summed E-state index contributed by atoms with van der Waals surface area (Å²) in [6.45, 7) is 3.42. The number of nitrogens with zero attached hydrogens (tertiary/aromatic N) is 1. The molecule has 0 saturated heterocycles. The van der Waals surface area contributed by atoms with Crippen molar-refractivity contribution in [3.8, 4) is 0 Å². The van der Waals surface area contributed by atoms with Crippen molar-refractivity contribution in [1.82, 2.24) is 0 Å². The Morgan fingerprint density at radius 1 is 1.53 bits per heavy atom. The van der Waals surface area contributed by atoms with E-state index >= 15 is 0 Å². The number of hydrogen-bond acceptors (Lipinski definition) is 2. The molecule has 0 aliphatic heterocycles. The Labute approximate surface area is 97.9 Å². The maximum atomic E-state index is 11.2. The fourth-order valence-electron chi connectivity index (χ4n) is 1.18. The fraction of sp³-hybridized carbons (Fsp3) is 0.182. The zero-order valence-corrected chi connectivity index (χ0v) is 10.3. The first-order chi connectivity index (χ1) is 7.04. The molecule has 1 aromatic carbocycles. The van der Waals surface area contributed by atoms with Crippen LogP contribution in [0.4, 0.5) is 11.4 Å². The van der Waals surface area contributed by atoms with Gasteiger partial charge in [0.1, 0.15) is 0 Å². The van der Waals surface area contributed by atoms with Crippen LogP contribution >= 0.6 is 15.9 Å². The van der Waals surface area contributed by atoms with Crippen LogP contribution in [0.3, 0.4) is 0 Å². The van der Waals surface area contributed by atoms with Crippen LogP contribution in [0.5, 0.6) is 0 Å². The molecule has 0 aromatic heterocycles. The highest BCUT2D eigenvalue weighted by Gasteiger charge is 2.06. The van der Waals surface area contributed by atoms with E-state index in [-0.39, 0.29) is 5.91 Å². The molecular formula is C11H13BrN2O. The molecule has 0 unspecified atom stereocenters. The molecule has 0 spiro atoms. The van der Waals surface area contributed by atoms with E-state index in [4.69, 9.17) is 0 Å². The Bertz CT molecular complexity index is 388. The van der Waals surface area contributed by atoms with Crippen LogP contribution < -0.4 is 10.2 Å². The molecule has 1 aromatic rings. The third kappa shape index (κ3) is 3.09. The number of amides is 1. The van der Waals surface area contributed by atoms with E-state index in [0.29, 0.717) is 0 Å². The number of hydrogen-bond donors (Lipinski definition) is 1. The molecule has 0 fully saturated rings. The van der Waals surface area contributed by atoms with Crippen LogP contribution in [0.15, 0.2) is 35.3 Å². The molecular weight excluding hydrogens is 256 g/mol. The van der Waals surface area contributed by atoms with Crippen molar-refractivity contribution in [3.05, 3.63) is 35.3 Å². The second-order valence-corrected chi connectivity index (χ2v) is 4.16. The number of carbonyl (C=O) groups is 1. The molecule has 0 heterocycles. The first kappa shape index (κ1) is 11.8. The number of halogens is 1. The first-order valence-corrected chi connectivity index (χ1v) is 5.24. The largest absolute Gasteiger partial charge is 0.376 e. The van der Waals surface area contributed by atoms with E-state index in [1.165, 1.54) is 6.08 Å². The summed E-state index contributed by atoms with van der Waals surface area (Å²) in [5, 5.41) is 2.75. The lowest BCUT2D eigenvalue weighted by atomic mass is 10.2. The van der Waals surface area contributed by atoms with Crippen molar-refractivity contribution in [2.45, 2.75) is 0 Å². The lowest BCUT2D eigenvalue weighted by Crippen LogP contribution is -2.14. The summed E-state index contributed by atoms with van der Waals surface area (Å²) in [4.78, 5) is 13.1. The molecule has 0 radical (unpaired) electrons. The van der Waals surface area contributed by atoms with Gasteiger partial charge in [-0.3, -0.25) is 4.79 Å². The summed E-state index contributed by atoms with van der Waals surface area (Å²) in [5.41, 5.74) is 1.72. The Morgan fingerprint density at radius 2 is 2.20 bits per heavy atom.